The van der Waals surface area contributed by atoms with Gasteiger partial charge in [-0.05, 0) is 36.8 Å². The van der Waals surface area contributed by atoms with E-state index in [0.717, 1.165) is 30.8 Å². The molecule has 1 aromatic carbocycles. The molecule has 0 amide bonds. The van der Waals surface area contributed by atoms with Crippen molar-refractivity contribution in [2.45, 2.75) is 13.3 Å². The van der Waals surface area contributed by atoms with E-state index in [1.165, 1.54) is 12.0 Å². The number of rotatable bonds is 6. The molecule has 0 unspecified atom stereocenters. The highest BCUT2D eigenvalue weighted by Crippen LogP contribution is 2.17. The molecule has 21 heavy (non-hydrogen) atoms. The van der Waals surface area contributed by atoms with Crippen LogP contribution in [0.5, 0.6) is 0 Å². The van der Waals surface area contributed by atoms with Gasteiger partial charge in [0, 0.05) is 18.7 Å². The molecule has 0 saturated heterocycles. The van der Waals surface area contributed by atoms with Crippen molar-refractivity contribution in [1.82, 2.24) is 5.32 Å². The second-order valence-electron chi connectivity index (χ2n) is 5.21. The molecule has 3 N–H and O–H groups in total. The number of benzene rings is 1. The summed E-state index contributed by atoms with van der Waals surface area (Å²) in [5.74, 6) is -0.356. The lowest BCUT2D eigenvalue weighted by atomic mass is 10.1. The maximum Gasteiger partial charge on any atom is 0.337 e. The fraction of sp³-hybridized carbons (Fsp3) is 0.467. The molecule has 0 atom stereocenters. The van der Waals surface area contributed by atoms with Gasteiger partial charge in [0.15, 0.2) is 5.11 Å². The summed E-state index contributed by atoms with van der Waals surface area (Å²) in [5, 5.41) is 6.85. The topological polar surface area (TPSA) is 54.8 Å². The Bertz CT molecular complexity index is 504. The number of nitrogens with one attached hydrogen (secondary N) is 3. The summed E-state index contributed by atoms with van der Waals surface area (Å²) < 4.78 is 4.72. The molecule has 0 heterocycles. The average Bonchev–Trinajstić information content (AvgIpc) is 2.45. The van der Waals surface area contributed by atoms with E-state index in [1.54, 1.807) is 12.1 Å². The third-order valence-corrected chi connectivity index (χ3v) is 3.29. The summed E-state index contributed by atoms with van der Waals surface area (Å²) >= 11 is 5.27. The Morgan fingerprint density at radius 1 is 1.38 bits per heavy atom. The molecule has 0 fully saturated rings. The Morgan fingerprint density at radius 3 is 2.71 bits per heavy atom. The molecule has 0 bridgehead atoms. The smallest absolute Gasteiger partial charge is 0.337 e. The zero-order chi connectivity index (χ0) is 15.8. The number of hydrogen-bond acceptors (Lipinski definition) is 3. The van der Waals surface area contributed by atoms with Crippen molar-refractivity contribution in [1.29, 1.82) is 0 Å². The van der Waals surface area contributed by atoms with E-state index in [-0.39, 0.29) is 5.97 Å². The fourth-order valence-electron chi connectivity index (χ4n) is 1.81. The molecule has 0 aliphatic heterocycles. The van der Waals surface area contributed by atoms with E-state index in [4.69, 9.17) is 17.0 Å². The Balaban J connectivity index is 2.57. The van der Waals surface area contributed by atoms with Gasteiger partial charge in [0.25, 0.3) is 0 Å². The molecule has 116 valence electrons. The first-order valence-electron chi connectivity index (χ1n) is 6.97. The molecule has 0 radical (unpaired) electrons. The molecule has 0 aliphatic carbocycles. The minimum atomic E-state index is -0.356. The summed E-state index contributed by atoms with van der Waals surface area (Å²) in [7, 11) is 5.62. The number of esters is 1. The number of methoxy groups -OCH3 is 1. The molecule has 1 aromatic rings. The van der Waals surface area contributed by atoms with Crippen LogP contribution in [0.3, 0.4) is 0 Å². The number of aryl methyl sites for hydroxylation is 1. The average molecular weight is 310 g/mol. The summed E-state index contributed by atoms with van der Waals surface area (Å²) in [6.07, 6.45) is 1.05. The summed E-state index contributed by atoms with van der Waals surface area (Å²) in [6, 6.07) is 5.36. The van der Waals surface area contributed by atoms with E-state index in [2.05, 4.69) is 24.7 Å². The summed E-state index contributed by atoms with van der Waals surface area (Å²) in [5.41, 5.74) is 2.34. The fourth-order valence-corrected chi connectivity index (χ4v) is 2.02. The van der Waals surface area contributed by atoms with Crippen molar-refractivity contribution < 1.29 is 14.4 Å². The van der Waals surface area contributed by atoms with Crippen molar-refractivity contribution in [2.24, 2.45) is 0 Å². The van der Waals surface area contributed by atoms with E-state index < -0.39 is 0 Å². The lowest BCUT2D eigenvalue weighted by molar-refractivity contribution is -0.858. The van der Waals surface area contributed by atoms with Gasteiger partial charge < -0.3 is 20.3 Å². The van der Waals surface area contributed by atoms with Crippen LogP contribution in [0.2, 0.25) is 0 Å². The van der Waals surface area contributed by atoms with Gasteiger partial charge in [0.2, 0.25) is 0 Å². The monoisotopic (exact) mass is 310 g/mol. The first-order valence-corrected chi connectivity index (χ1v) is 7.37. The van der Waals surface area contributed by atoms with Crippen LogP contribution in [-0.2, 0) is 4.74 Å². The van der Waals surface area contributed by atoms with E-state index in [1.807, 2.05) is 13.0 Å². The highest BCUT2D eigenvalue weighted by atomic mass is 32.1. The predicted molar refractivity (Wildman–Crippen MR) is 89.0 cm³/mol. The van der Waals surface area contributed by atoms with Gasteiger partial charge in [-0.3, -0.25) is 0 Å². The van der Waals surface area contributed by atoms with Crippen molar-refractivity contribution in [3.8, 4) is 0 Å². The molecular weight excluding hydrogens is 286 g/mol. The van der Waals surface area contributed by atoms with Gasteiger partial charge in [-0.15, -0.1) is 0 Å². The predicted octanol–water partition coefficient (Wildman–Crippen LogP) is 0.603. The Kier molecular flexibility index (Phi) is 7.11. The summed E-state index contributed by atoms with van der Waals surface area (Å²) in [6.45, 7) is 3.88. The number of quaternary nitrogens is 1. The lowest BCUT2D eigenvalue weighted by Gasteiger charge is -2.14. The first kappa shape index (κ1) is 17.4. The molecule has 0 aromatic heterocycles. The second-order valence-corrected chi connectivity index (χ2v) is 5.62. The van der Waals surface area contributed by atoms with Crippen LogP contribution in [0.15, 0.2) is 18.2 Å². The van der Waals surface area contributed by atoms with Gasteiger partial charge in [-0.25, -0.2) is 4.79 Å². The molecule has 0 spiro atoms. The van der Waals surface area contributed by atoms with Crippen molar-refractivity contribution >= 4 is 29.0 Å². The van der Waals surface area contributed by atoms with E-state index in [9.17, 15) is 4.79 Å². The van der Waals surface area contributed by atoms with E-state index >= 15 is 0 Å². The zero-order valence-corrected chi connectivity index (χ0v) is 13.9. The SMILES string of the molecule is COC(=O)c1ccc(C)c(NC(=S)NCCC[NH+](C)C)c1. The number of carbonyl (C=O) groups is 1. The van der Waals surface area contributed by atoms with Gasteiger partial charge in [-0.1, -0.05) is 6.07 Å². The maximum absolute atomic E-state index is 11.5. The van der Waals surface area contributed by atoms with Crippen LogP contribution in [0.1, 0.15) is 22.3 Å². The Hall–Kier alpha value is -1.66. The third-order valence-electron chi connectivity index (χ3n) is 3.05. The quantitative estimate of drug-likeness (QED) is 0.408. The standard InChI is InChI=1S/C15H23N3O2S/c1-11-6-7-12(14(19)20-4)10-13(11)17-15(21)16-8-5-9-18(2)3/h6-7,10H,5,8-9H2,1-4H3,(H2,16,17,21)/p+1. The third kappa shape index (κ3) is 6.10. The van der Waals surface area contributed by atoms with Gasteiger partial charge >= 0.3 is 5.97 Å². The molecule has 0 saturated carbocycles. The van der Waals surface area contributed by atoms with Gasteiger partial charge in [0.1, 0.15) is 0 Å². The van der Waals surface area contributed by atoms with Crippen molar-refractivity contribution in [3.05, 3.63) is 29.3 Å². The number of thiocarbonyl (C=S) groups is 1. The maximum atomic E-state index is 11.5. The molecule has 1 rings (SSSR count). The van der Waals surface area contributed by atoms with E-state index in [0.29, 0.717) is 10.7 Å². The number of ether oxygens (including phenoxy) is 1. The molecule has 5 nitrogen and oxygen atoms in total. The molecular formula is C15H24N3O2S+. The van der Waals surface area contributed by atoms with Crippen molar-refractivity contribution in [2.75, 3.05) is 39.6 Å². The minimum Gasteiger partial charge on any atom is -0.465 e. The van der Waals surface area contributed by atoms with Crippen LogP contribution in [-0.4, -0.2) is 45.4 Å². The Morgan fingerprint density at radius 2 is 2.10 bits per heavy atom. The first-order chi connectivity index (χ1) is 9.93. The lowest BCUT2D eigenvalue weighted by Crippen LogP contribution is -3.05. The van der Waals surface area contributed by atoms with Gasteiger partial charge in [-0.2, -0.15) is 0 Å². The highest BCUT2D eigenvalue weighted by Gasteiger charge is 2.08. The van der Waals surface area contributed by atoms with Crippen LogP contribution in [0.25, 0.3) is 0 Å². The molecule has 0 aliphatic rings. The Labute approximate surface area is 131 Å². The summed E-state index contributed by atoms with van der Waals surface area (Å²) in [4.78, 5) is 13.0. The number of anilines is 1. The van der Waals surface area contributed by atoms with Crippen molar-refractivity contribution in [3.63, 3.8) is 0 Å². The van der Waals surface area contributed by atoms with Crippen LogP contribution >= 0.6 is 12.2 Å². The largest absolute Gasteiger partial charge is 0.465 e. The second kappa shape index (κ2) is 8.59. The normalized spacial score (nSPS) is 10.3. The molecule has 6 heteroatoms. The van der Waals surface area contributed by atoms with Gasteiger partial charge in [0.05, 0.1) is 33.3 Å². The van der Waals surface area contributed by atoms with Crippen LogP contribution in [0.4, 0.5) is 5.69 Å². The zero-order valence-electron chi connectivity index (χ0n) is 13.1. The number of hydrogen-bond donors (Lipinski definition) is 3. The van der Waals surface area contributed by atoms with Crippen LogP contribution < -0.4 is 15.5 Å². The minimum absolute atomic E-state index is 0.356. The number of carbonyl (C=O) groups excluding carboxylic acids is 1. The highest BCUT2D eigenvalue weighted by molar-refractivity contribution is 7.80. The van der Waals surface area contributed by atoms with Crippen LogP contribution in [0, 0.1) is 6.92 Å².